The normalized spacial score (nSPS) is 17.2. The molecule has 0 aliphatic carbocycles. The van der Waals surface area contributed by atoms with E-state index in [2.05, 4.69) is 37.8 Å². The van der Waals surface area contributed by atoms with Crippen LogP contribution in [0, 0.1) is 0 Å². The molecule has 0 N–H and O–H groups in total. The second-order valence-corrected chi connectivity index (χ2v) is 11.7. The first-order chi connectivity index (χ1) is 19.4. The summed E-state index contributed by atoms with van der Waals surface area (Å²) >= 11 is 5.76. The van der Waals surface area contributed by atoms with E-state index >= 15 is 0 Å². The number of anilines is 1. The third-order valence-electron chi connectivity index (χ3n) is 8.37. The van der Waals surface area contributed by atoms with Gasteiger partial charge in [-0.2, -0.15) is 0 Å². The molecule has 4 rings (SSSR count). The Balaban J connectivity index is 1.65. The molecule has 1 fully saturated rings. The van der Waals surface area contributed by atoms with Crippen molar-refractivity contribution in [2.75, 3.05) is 31.1 Å². The maximum Gasteiger partial charge on any atom is 0.269 e. The van der Waals surface area contributed by atoms with Crippen LogP contribution >= 0.6 is 12.2 Å². The summed E-state index contributed by atoms with van der Waals surface area (Å²) in [5, 5.41) is 0.343. The van der Waals surface area contributed by atoms with E-state index < -0.39 is 0 Å². The number of carbonyl (C=O) groups excluding carboxylic acids is 2. The number of rotatable bonds is 13. The molecule has 1 aromatic rings. The van der Waals surface area contributed by atoms with Crippen LogP contribution in [0.4, 0.5) is 5.69 Å². The molecule has 1 saturated heterocycles. The number of fused-ring (bicyclic) bond motifs is 2. The zero-order valence-electron chi connectivity index (χ0n) is 25.0. The summed E-state index contributed by atoms with van der Waals surface area (Å²) in [6, 6.07) is 4.33. The number of unbranched alkanes of at least 4 members (excludes halogenated alkanes) is 8. The highest BCUT2D eigenvalue weighted by Crippen LogP contribution is 2.41. The number of amides is 2. The Hall–Kier alpha value is -2.67. The molecular formula is C33H47N3O3S. The molecule has 6 nitrogen and oxygen atoms in total. The van der Waals surface area contributed by atoms with Gasteiger partial charge in [0.25, 0.3) is 11.8 Å². The molecule has 0 atom stereocenters. The molecule has 3 aliphatic heterocycles. The minimum absolute atomic E-state index is 0.103. The van der Waals surface area contributed by atoms with Crippen molar-refractivity contribution in [3.63, 3.8) is 0 Å². The molecule has 218 valence electrons. The van der Waals surface area contributed by atoms with E-state index in [4.69, 9.17) is 17.0 Å². The summed E-state index contributed by atoms with van der Waals surface area (Å²) in [6.07, 6.45) is 14.9. The van der Waals surface area contributed by atoms with E-state index in [-0.39, 0.29) is 17.4 Å². The van der Waals surface area contributed by atoms with Gasteiger partial charge in [-0.25, -0.2) is 0 Å². The number of hydrogen-bond donors (Lipinski definition) is 0. The zero-order chi connectivity index (χ0) is 28.6. The van der Waals surface area contributed by atoms with Crippen LogP contribution in [-0.4, -0.2) is 52.9 Å². The van der Waals surface area contributed by atoms with Crippen molar-refractivity contribution in [1.82, 2.24) is 9.80 Å². The van der Waals surface area contributed by atoms with Gasteiger partial charge < -0.3 is 9.64 Å². The van der Waals surface area contributed by atoms with E-state index in [0.717, 1.165) is 75.6 Å². The average Bonchev–Trinajstić information content (AvgIpc) is 2.94. The quantitative estimate of drug-likeness (QED) is 0.108. The number of aryl methyl sites for hydroxylation is 1. The highest BCUT2D eigenvalue weighted by molar-refractivity contribution is 7.80. The van der Waals surface area contributed by atoms with Gasteiger partial charge in [0.2, 0.25) is 0 Å². The van der Waals surface area contributed by atoms with E-state index in [1.807, 2.05) is 13.0 Å². The van der Waals surface area contributed by atoms with Gasteiger partial charge in [-0.3, -0.25) is 19.4 Å². The number of nitrogens with zero attached hydrogens (tertiary/aromatic N) is 3. The Labute approximate surface area is 246 Å². The molecule has 0 unspecified atom stereocenters. The van der Waals surface area contributed by atoms with E-state index in [1.165, 1.54) is 36.9 Å². The Kier molecular flexibility index (Phi) is 10.8. The minimum atomic E-state index is -0.330. The lowest BCUT2D eigenvalue weighted by Crippen LogP contribution is -2.57. The lowest BCUT2D eigenvalue weighted by atomic mass is 9.93. The summed E-state index contributed by atoms with van der Waals surface area (Å²) in [4.78, 5) is 33.4. The van der Waals surface area contributed by atoms with Crippen LogP contribution in [0.15, 0.2) is 29.5 Å². The predicted molar refractivity (Wildman–Crippen MR) is 167 cm³/mol. The highest BCUT2D eigenvalue weighted by Gasteiger charge is 2.42. The number of thiocarbonyl (C=S) groups is 1. The lowest BCUT2D eigenvalue weighted by molar-refractivity contribution is -0.134. The zero-order valence-corrected chi connectivity index (χ0v) is 25.8. The maximum atomic E-state index is 13.9. The second-order valence-electron chi connectivity index (χ2n) is 11.4. The van der Waals surface area contributed by atoms with Gasteiger partial charge in [-0.15, -0.1) is 0 Å². The van der Waals surface area contributed by atoms with Crippen molar-refractivity contribution in [2.24, 2.45) is 0 Å². The summed E-state index contributed by atoms with van der Waals surface area (Å²) in [5.74, 6) is 0.396. The van der Waals surface area contributed by atoms with Crippen molar-refractivity contribution in [3.05, 3.63) is 40.7 Å². The number of carbonyl (C=O) groups is 2. The lowest BCUT2D eigenvalue weighted by Gasteiger charge is -2.37. The molecule has 0 saturated carbocycles. The van der Waals surface area contributed by atoms with Gasteiger partial charge in [-0.05, 0) is 75.0 Å². The van der Waals surface area contributed by atoms with Crippen LogP contribution < -0.4 is 9.64 Å². The third-order valence-corrected chi connectivity index (χ3v) is 8.81. The molecule has 40 heavy (non-hydrogen) atoms. The first kappa shape index (κ1) is 30.3. The van der Waals surface area contributed by atoms with Gasteiger partial charge in [-0.1, -0.05) is 65.2 Å². The largest absolute Gasteiger partial charge is 0.456 e. The molecule has 0 radical (unpaired) electrons. The van der Waals surface area contributed by atoms with Crippen LogP contribution in [0.5, 0.6) is 5.75 Å². The molecule has 0 aromatic heterocycles. The first-order valence-corrected chi connectivity index (χ1v) is 16.0. The van der Waals surface area contributed by atoms with Crippen LogP contribution in [0.2, 0.25) is 0 Å². The first-order valence-electron chi connectivity index (χ1n) is 15.6. The number of benzene rings is 1. The Morgan fingerprint density at radius 1 is 0.850 bits per heavy atom. The van der Waals surface area contributed by atoms with Crippen molar-refractivity contribution in [1.29, 1.82) is 0 Å². The van der Waals surface area contributed by atoms with Crippen molar-refractivity contribution in [3.8, 4) is 5.75 Å². The third kappa shape index (κ3) is 6.62. The van der Waals surface area contributed by atoms with E-state index in [0.29, 0.717) is 29.7 Å². The SMILES string of the molecule is CCCCCCCN1C(=O)C(=C2C=C(C)c3cc4c(cc3O2)N(CC)CCC4)C(=O)N(CCCCCCC)C1=S. The maximum absolute atomic E-state index is 13.9. The Bertz CT molecular complexity index is 1130. The van der Waals surface area contributed by atoms with Gasteiger partial charge in [0.05, 0.1) is 0 Å². The van der Waals surface area contributed by atoms with Crippen LogP contribution in [0.3, 0.4) is 0 Å². The fraction of sp³-hybridized carbons (Fsp3) is 0.606. The smallest absolute Gasteiger partial charge is 0.269 e. The van der Waals surface area contributed by atoms with Gasteiger partial charge in [0.1, 0.15) is 17.1 Å². The molecule has 3 heterocycles. The number of allylic oxidation sites excluding steroid dienone is 2. The van der Waals surface area contributed by atoms with Crippen molar-refractivity contribution in [2.45, 2.75) is 105 Å². The highest BCUT2D eigenvalue weighted by atomic mass is 32.1. The summed E-state index contributed by atoms with van der Waals surface area (Å²) in [6.45, 7) is 11.6. The monoisotopic (exact) mass is 565 g/mol. The van der Waals surface area contributed by atoms with E-state index in [9.17, 15) is 9.59 Å². The fourth-order valence-electron chi connectivity index (χ4n) is 5.99. The van der Waals surface area contributed by atoms with Crippen LogP contribution in [0.25, 0.3) is 5.57 Å². The average molecular weight is 566 g/mol. The second kappa shape index (κ2) is 14.3. The fourth-order valence-corrected chi connectivity index (χ4v) is 6.34. The van der Waals surface area contributed by atoms with Crippen molar-refractivity contribution >= 4 is 40.4 Å². The molecule has 1 aromatic carbocycles. The molecule has 0 bridgehead atoms. The van der Waals surface area contributed by atoms with Gasteiger partial charge in [0, 0.05) is 43.5 Å². The standard InChI is InChI=1S/C33H47N3O3S/c1-5-8-10-12-14-19-35-31(37)30(32(38)36(33(35)40)20-15-13-11-9-6-2)29-21-24(4)26-22-25-17-16-18-34(7-3)27(25)23-28(26)39-29/h21-23H,5-20H2,1-4H3. The molecule has 2 amide bonds. The predicted octanol–water partition coefficient (Wildman–Crippen LogP) is 7.41. The Morgan fingerprint density at radius 3 is 2.02 bits per heavy atom. The minimum Gasteiger partial charge on any atom is -0.456 e. The summed E-state index contributed by atoms with van der Waals surface area (Å²) < 4.78 is 6.43. The van der Waals surface area contributed by atoms with Gasteiger partial charge in [0.15, 0.2) is 5.11 Å². The van der Waals surface area contributed by atoms with Crippen molar-refractivity contribution < 1.29 is 14.3 Å². The van der Waals surface area contributed by atoms with E-state index in [1.54, 1.807) is 9.80 Å². The number of hydrogen-bond acceptors (Lipinski definition) is 5. The molecule has 7 heteroatoms. The van der Waals surface area contributed by atoms with Crippen LogP contribution in [-0.2, 0) is 16.0 Å². The summed E-state index contributed by atoms with van der Waals surface area (Å²) in [7, 11) is 0. The van der Waals surface area contributed by atoms with Crippen LogP contribution in [0.1, 0.15) is 109 Å². The summed E-state index contributed by atoms with van der Waals surface area (Å²) in [5.41, 5.74) is 4.67. The molecular weight excluding hydrogens is 518 g/mol. The van der Waals surface area contributed by atoms with Gasteiger partial charge >= 0.3 is 0 Å². The molecule has 3 aliphatic rings. The molecule has 0 spiro atoms. The Morgan fingerprint density at radius 2 is 1.45 bits per heavy atom. The number of ether oxygens (including phenoxy) is 1. The topological polar surface area (TPSA) is 53.1 Å².